The van der Waals surface area contributed by atoms with Crippen molar-refractivity contribution in [2.75, 3.05) is 11.1 Å². The maximum absolute atomic E-state index is 11.1. The molecule has 1 aromatic heterocycles. The molecule has 5 heteroatoms. The molecule has 1 aromatic carbocycles. The Hall–Kier alpha value is -1.49. The molecule has 2 heterocycles. The van der Waals surface area contributed by atoms with Gasteiger partial charge in [0.05, 0.1) is 23.2 Å². The highest BCUT2D eigenvalue weighted by atomic mass is 32.2. The summed E-state index contributed by atoms with van der Waals surface area (Å²) in [6.07, 6.45) is 1.79. The van der Waals surface area contributed by atoms with Crippen LogP contribution in [0.4, 0.5) is 5.69 Å². The van der Waals surface area contributed by atoms with E-state index in [2.05, 4.69) is 15.5 Å². The van der Waals surface area contributed by atoms with Crippen molar-refractivity contribution in [2.45, 2.75) is 4.90 Å². The van der Waals surface area contributed by atoms with Crippen molar-refractivity contribution in [1.29, 1.82) is 0 Å². The van der Waals surface area contributed by atoms with E-state index in [1.54, 1.807) is 18.0 Å². The van der Waals surface area contributed by atoms with Crippen molar-refractivity contribution >= 4 is 34.3 Å². The Morgan fingerprint density at radius 3 is 3.29 bits per heavy atom. The monoisotopic (exact) mass is 205 g/mol. The summed E-state index contributed by atoms with van der Waals surface area (Å²) >= 11 is 1.56. The van der Waals surface area contributed by atoms with Gasteiger partial charge in [-0.3, -0.25) is 9.89 Å². The highest BCUT2D eigenvalue weighted by Gasteiger charge is 2.17. The van der Waals surface area contributed by atoms with Gasteiger partial charge < -0.3 is 5.32 Å². The molecule has 0 unspecified atom stereocenters. The number of hydrogen-bond donors (Lipinski definition) is 2. The third kappa shape index (κ3) is 1.02. The first-order valence-electron chi connectivity index (χ1n) is 4.23. The van der Waals surface area contributed by atoms with Crippen molar-refractivity contribution in [2.24, 2.45) is 0 Å². The normalized spacial score (nSPS) is 15.3. The van der Waals surface area contributed by atoms with Crippen LogP contribution in [-0.2, 0) is 4.79 Å². The number of rotatable bonds is 0. The van der Waals surface area contributed by atoms with Gasteiger partial charge in [0.25, 0.3) is 0 Å². The van der Waals surface area contributed by atoms with E-state index in [0.29, 0.717) is 5.75 Å². The molecular weight excluding hydrogens is 198 g/mol. The van der Waals surface area contributed by atoms with E-state index in [0.717, 1.165) is 21.5 Å². The number of aromatic amines is 1. The summed E-state index contributed by atoms with van der Waals surface area (Å²) in [5.74, 6) is 0.544. The highest BCUT2D eigenvalue weighted by Crippen LogP contribution is 2.36. The van der Waals surface area contributed by atoms with Crippen LogP contribution in [0.3, 0.4) is 0 Å². The van der Waals surface area contributed by atoms with Gasteiger partial charge in [-0.15, -0.1) is 11.8 Å². The summed E-state index contributed by atoms with van der Waals surface area (Å²) in [5, 5.41) is 10.8. The van der Waals surface area contributed by atoms with Crippen LogP contribution in [0.5, 0.6) is 0 Å². The molecule has 14 heavy (non-hydrogen) atoms. The quantitative estimate of drug-likeness (QED) is 0.687. The maximum atomic E-state index is 11.1. The summed E-state index contributed by atoms with van der Waals surface area (Å²) in [7, 11) is 0. The summed E-state index contributed by atoms with van der Waals surface area (Å²) in [6.45, 7) is 0. The molecule has 0 radical (unpaired) electrons. The van der Waals surface area contributed by atoms with E-state index < -0.39 is 0 Å². The van der Waals surface area contributed by atoms with Gasteiger partial charge in [-0.2, -0.15) is 5.10 Å². The van der Waals surface area contributed by atoms with Crippen LogP contribution < -0.4 is 5.32 Å². The van der Waals surface area contributed by atoms with Crippen molar-refractivity contribution in [3.63, 3.8) is 0 Å². The molecule has 2 aromatic rings. The van der Waals surface area contributed by atoms with Gasteiger partial charge in [0.15, 0.2) is 0 Å². The lowest BCUT2D eigenvalue weighted by atomic mass is 10.2. The number of nitrogens with zero attached hydrogens (tertiary/aromatic N) is 1. The predicted octanol–water partition coefficient (Wildman–Crippen LogP) is 1.61. The average molecular weight is 205 g/mol. The Bertz CT molecular complexity index is 520. The second-order valence-electron chi connectivity index (χ2n) is 3.11. The number of thioether (sulfide) groups is 1. The van der Waals surface area contributed by atoms with E-state index in [1.165, 1.54) is 0 Å². The van der Waals surface area contributed by atoms with Gasteiger partial charge >= 0.3 is 0 Å². The van der Waals surface area contributed by atoms with Gasteiger partial charge in [0, 0.05) is 10.3 Å². The fourth-order valence-electron chi connectivity index (χ4n) is 1.57. The number of carbonyl (C=O) groups is 1. The van der Waals surface area contributed by atoms with Gasteiger partial charge in [-0.25, -0.2) is 0 Å². The molecule has 0 saturated heterocycles. The number of fused-ring (bicyclic) bond motifs is 3. The van der Waals surface area contributed by atoms with Crippen LogP contribution in [0.2, 0.25) is 0 Å². The molecule has 1 aliphatic heterocycles. The van der Waals surface area contributed by atoms with Gasteiger partial charge in [-0.1, -0.05) is 0 Å². The second kappa shape index (κ2) is 2.75. The number of H-pyrrole nitrogens is 1. The molecule has 1 amide bonds. The number of hydrogen-bond acceptors (Lipinski definition) is 3. The fraction of sp³-hybridized carbons (Fsp3) is 0.111. The molecule has 3 rings (SSSR count). The molecule has 0 bridgehead atoms. The minimum absolute atomic E-state index is 0.0605. The van der Waals surface area contributed by atoms with Crippen LogP contribution in [0.25, 0.3) is 10.9 Å². The molecule has 2 N–H and O–H groups in total. The number of nitrogens with one attached hydrogen (secondary N) is 2. The fourth-order valence-corrected chi connectivity index (χ4v) is 2.51. The van der Waals surface area contributed by atoms with Gasteiger partial charge in [0.1, 0.15) is 0 Å². The van der Waals surface area contributed by atoms with Crippen LogP contribution in [0.15, 0.2) is 23.2 Å². The molecular formula is C9H7N3OS. The number of anilines is 1. The average Bonchev–Trinajstić information content (AvgIpc) is 2.65. The number of amides is 1. The first-order valence-corrected chi connectivity index (χ1v) is 5.22. The maximum Gasteiger partial charge on any atom is 0.234 e. The first-order chi connectivity index (χ1) is 6.84. The topological polar surface area (TPSA) is 57.8 Å². The smallest absolute Gasteiger partial charge is 0.234 e. The van der Waals surface area contributed by atoms with Crippen LogP contribution in [0.1, 0.15) is 0 Å². The zero-order chi connectivity index (χ0) is 9.54. The molecule has 0 aliphatic carbocycles. The molecule has 0 saturated carbocycles. The zero-order valence-electron chi connectivity index (χ0n) is 7.20. The first kappa shape index (κ1) is 7.87. The molecule has 0 fully saturated rings. The third-order valence-electron chi connectivity index (χ3n) is 2.20. The zero-order valence-corrected chi connectivity index (χ0v) is 8.02. The lowest BCUT2D eigenvalue weighted by Crippen LogP contribution is -2.18. The third-order valence-corrected chi connectivity index (χ3v) is 3.33. The Morgan fingerprint density at radius 1 is 1.43 bits per heavy atom. The molecule has 1 aliphatic rings. The summed E-state index contributed by atoms with van der Waals surface area (Å²) in [5.41, 5.74) is 1.90. The predicted molar refractivity (Wildman–Crippen MR) is 55.4 cm³/mol. The van der Waals surface area contributed by atoms with Crippen molar-refractivity contribution in [1.82, 2.24) is 10.2 Å². The minimum atomic E-state index is 0.0605. The number of carbonyl (C=O) groups excluding carboxylic acids is 1. The Labute approximate surface area is 84.1 Å². The second-order valence-corrected chi connectivity index (χ2v) is 4.10. The summed E-state index contributed by atoms with van der Waals surface area (Å²) in [6, 6.07) is 3.83. The summed E-state index contributed by atoms with van der Waals surface area (Å²) in [4.78, 5) is 12.3. The Balaban J connectivity index is 2.29. The SMILES string of the molecule is O=C1CSc2c(ccc3[nH]ncc23)N1. The van der Waals surface area contributed by atoms with E-state index in [4.69, 9.17) is 0 Å². The molecule has 4 nitrogen and oxygen atoms in total. The lowest BCUT2D eigenvalue weighted by molar-refractivity contribution is -0.113. The molecule has 0 atom stereocenters. The van der Waals surface area contributed by atoms with Gasteiger partial charge in [-0.05, 0) is 12.1 Å². The van der Waals surface area contributed by atoms with Crippen molar-refractivity contribution in [3.05, 3.63) is 18.3 Å². The standard InChI is InChI=1S/C9H7N3OS/c13-8-4-14-9-5-3-10-12-6(5)1-2-7(9)11-8/h1-3H,4H2,(H,10,12)(H,11,13). The molecule has 0 spiro atoms. The van der Waals surface area contributed by atoms with Gasteiger partial charge in [0.2, 0.25) is 5.91 Å². The van der Waals surface area contributed by atoms with E-state index >= 15 is 0 Å². The number of aromatic nitrogens is 2. The largest absolute Gasteiger partial charge is 0.324 e. The van der Waals surface area contributed by atoms with E-state index in [-0.39, 0.29) is 5.91 Å². The Kier molecular flexibility index (Phi) is 1.55. The number of benzene rings is 1. The molecule has 70 valence electrons. The Morgan fingerprint density at radius 2 is 2.36 bits per heavy atom. The summed E-state index contributed by atoms with van der Waals surface area (Å²) < 4.78 is 0. The van der Waals surface area contributed by atoms with Crippen LogP contribution in [-0.4, -0.2) is 21.9 Å². The van der Waals surface area contributed by atoms with E-state index in [9.17, 15) is 4.79 Å². The van der Waals surface area contributed by atoms with E-state index in [1.807, 2.05) is 12.1 Å². The minimum Gasteiger partial charge on any atom is -0.324 e. The lowest BCUT2D eigenvalue weighted by Gasteiger charge is -2.16. The highest BCUT2D eigenvalue weighted by molar-refractivity contribution is 8.00. The van der Waals surface area contributed by atoms with Crippen molar-refractivity contribution in [3.8, 4) is 0 Å². The van der Waals surface area contributed by atoms with Crippen molar-refractivity contribution < 1.29 is 4.79 Å². The van der Waals surface area contributed by atoms with Crippen LogP contribution in [0, 0.1) is 0 Å². The van der Waals surface area contributed by atoms with Crippen LogP contribution >= 0.6 is 11.8 Å².